The van der Waals surface area contributed by atoms with E-state index in [2.05, 4.69) is 0 Å². The molecule has 1 aromatic rings. The second kappa shape index (κ2) is 4.07. The lowest BCUT2D eigenvalue weighted by molar-refractivity contribution is 0.302. The summed E-state index contributed by atoms with van der Waals surface area (Å²) in [6, 6.07) is 5.08. The minimum Gasteiger partial charge on any atom is -0.490 e. The summed E-state index contributed by atoms with van der Waals surface area (Å²) in [4.78, 5) is 0.174. The van der Waals surface area contributed by atoms with Gasteiger partial charge in [0.05, 0.1) is 11.0 Å². The highest BCUT2D eigenvalue weighted by atomic mass is 32.2. The summed E-state index contributed by atoms with van der Waals surface area (Å²) in [6.07, 6.45) is 2.97. The summed E-state index contributed by atoms with van der Waals surface area (Å²) >= 11 is 0. The highest BCUT2D eigenvalue weighted by Crippen LogP contribution is 2.29. The van der Waals surface area contributed by atoms with Crippen LogP contribution in [0.3, 0.4) is 0 Å². The zero-order valence-electron chi connectivity index (χ0n) is 9.14. The molecular formula is C11H15NO3S. The first-order valence-electron chi connectivity index (χ1n) is 5.33. The summed E-state index contributed by atoms with van der Waals surface area (Å²) in [6.45, 7) is 1.89. The van der Waals surface area contributed by atoms with E-state index in [4.69, 9.17) is 9.88 Å². The molecule has 1 saturated carbocycles. The quantitative estimate of drug-likeness (QED) is 0.867. The standard InChI is InChI=1S/C11H15NO3S/c1-2-8-3-4-10(15-9-5-6-9)7-11(8)16(12,13)14/h3-4,7,9H,2,5-6H2,1H3,(H2,12,13,14). The monoisotopic (exact) mass is 241 g/mol. The van der Waals surface area contributed by atoms with Gasteiger partial charge in [0.1, 0.15) is 5.75 Å². The average molecular weight is 241 g/mol. The molecule has 1 aromatic carbocycles. The Morgan fingerprint density at radius 2 is 2.12 bits per heavy atom. The molecule has 1 aliphatic carbocycles. The van der Waals surface area contributed by atoms with Crippen LogP contribution in [-0.2, 0) is 16.4 Å². The maximum absolute atomic E-state index is 11.4. The van der Waals surface area contributed by atoms with E-state index in [1.807, 2.05) is 6.92 Å². The van der Waals surface area contributed by atoms with Gasteiger partial charge >= 0.3 is 0 Å². The molecule has 2 N–H and O–H groups in total. The molecule has 1 fully saturated rings. The Balaban J connectivity index is 2.37. The Kier molecular flexibility index (Phi) is 2.90. The van der Waals surface area contributed by atoms with Gasteiger partial charge in [-0.1, -0.05) is 13.0 Å². The van der Waals surface area contributed by atoms with Gasteiger partial charge in [-0.05, 0) is 30.9 Å². The van der Waals surface area contributed by atoms with Crippen molar-refractivity contribution in [3.63, 3.8) is 0 Å². The van der Waals surface area contributed by atoms with E-state index in [1.165, 1.54) is 6.07 Å². The number of hydrogen-bond acceptors (Lipinski definition) is 3. The summed E-state index contributed by atoms with van der Waals surface area (Å²) in [5, 5.41) is 5.17. The number of primary sulfonamides is 1. The number of sulfonamides is 1. The zero-order chi connectivity index (χ0) is 11.8. The van der Waals surface area contributed by atoms with Crippen LogP contribution < -0.4 is 9.88 Å². The van der Waals surface area contributed by atoms with Gasteiger partial charge in [-0.15, -0.1) is 0 Å². The molecule has 2 rings (SSSR count). The van der Waals surface area contributed by atoms with Crippen LogP contribution in [0.2, 0.25) is 0 Å². The number of rotatable bonds is 4. The van der Waals surface area contributed by atoms with E-state index >= 15 is 0 Å². The first-order chi connectivity index (χ1) is 7.50. The van der Waals surface area contributed by atoms with Gasteiger partial charge in [0.25, 0.3) is 0 Å². The molecule has 1 aliphatic rings. The molecule has 4 nitrogen and oxygen atoms in total. The predicted molar refractivity (Wildman–Crippen MR) is 60.8 cm³/mol. The number of nitrogens with two attached hydrogens (primary N) is 1. The van der Waals surface area contributed by atoms with Crippen LogP contribution in [-0.4, -0.2) is 14.5 Å². The molecular weight excluding hydrogens is 226 g/mol. The van der Waals surface area contributed by atoms with E-state index in [0.29, 0.717) is 12.2 Å². The predicted octanol–water partition coefficient (Wildman–Crippen LogP) is 1.44. The van der Waals surface area contributed by atoms with Crippen LogP contribution in [0.1, 0.15) is 25.3 Å². The molecule has 0 aliphatic heterocycles. The fourth-order valence-electron chi connectivity index (χ4n) is 1.54. The minimum absolute atomic E-state index is 0.174. The number of benzene rings is 1. The Morgan fingerprint density at radius 1 is 1.44 bits per heavy atom. The largest absolute Gasteiger partial charge is 0.490 e. The van der Waals surface area contributed by atoms with E-state index in [-0.39, 0.29) is 11.0 Å². The van der Waals surface area contributed by atoms with Crippen LogP contribution in [0.25, 0.3) is 0 Å². The van der Waals surface area contributed by atoms with Gasteiger partial charge in [0.2, 0.25) is 10.0 Å². The van der Waals surface area contributed by atoms with Gasteiger partial charge in [-0.3, -0.25) is 0 Å². The molecule has 0 bridgehead atoms. The summed E-state index contributed by atoms with van der Waals surface area (Å²) in [5.41, 5.74) is 0.727. The molecule has 0 heterocycles. The van der Waals surface area contributed by atoms with Crippen molar-refractivity contribution < 1.29 is 13.2 Å². The van der Waals surface area contributed by atoms with Crippen molar-refractivity contribution in [1.29, 1.82) is 0 Å². The molecule has 0 unspecified atom stereocenters. The van der Waals surface area contributed by atoms with Crippen molar-refractivity contribution in [2.24, 2.45) is 5.14 Å². The van der Waals surface area contributed by atoms with Crippen molar-refractivity contribution in [3.8, 4) is 5.75 Å². The highest BCUT2D eigenvalue weighted by Gasteiger charge is 2.24. The van der Waals surface area contributed by atoms with E-state index < -0.39 is 10.0 Å². The third-order valence-electron chi connectivity index (χ3n) is 2.55. The lowest BCUT2D eigenvalue weighted by Gasteiger charge is -2.09. The molecule has 0 amide bonds. The second-order valence-electron chi connectivity index (χ2n) is 3.99. The van der Waals surface area contributed by atoms with Crippen molar-refractivity contribution >= 4 is 10.0 Å². The molecule has 0 spiro atoms. The lowest BCUT2D eigenvalue weighted by Crippen LogP contribution is -2.14. The smallest absolute Gasteiger partial charge is 0.238 e. The van der Waals surface area contributed by atoms with Crippen LogP contribution >= 0.6 is 0 Å². The average Bonchev–Trinajstić information content (AvgIpc) is 3.00. The van der Waals surface area contributed by atoms with Crippen LogP contribution in [0, 0.1) is 0 Å². The van der Waals surface area contributed by atoms with Crippen molar-refractivity contribution in [2.45, 2.75) is 37.2 Å². The summed E-state index contributed by atoms with van der Waals surface area (Å²) < 4.78 is 28.3. The van der Waals surface area contributed by atoms with Crippen LogP contribution in [0.5, 0.6) is 5.75 Å². The lowest BCUT2D eigenvalue weighted by atomic mass is 10.2. The van der Waals surface area contributed by atoms with E-state index in [0.717, 1.165) is 18.4 Å². The van der Waals surface area contributed by atoms with Crippen molar-refractivity contribution in [3.05, 3.63) is 23.8 Å². The molecule has 5 heteroatoms. The van der Waals surface area contributed by atoms with Crippen molar-refractivity contribution in [2.75, 3.05) is 0 Å². The molecule has 0 atom stereocenters. The molecule has 16 heavy (non-hydrogen) atoms. The number of hydrogen-bond donors (Lipinski definition) is 1. The fraction of sp³-hybridized carbons (Fsp3) is 0.455. The fourth-order valence-corrected chi connectivity index (χ4v) is 2.40. The summed E-state index contributed by atoms with van der Waals surface area (Å²) in [5.74, 6) is 0.587. The van der Waals surface area contributed by atoms with Crippen molar-refractivity contribution in [1.82, 2.24) is 0 Å². The van der Waals surface area contributed by atoms with Gasteiger partial charge < -0.3 is 4.74 Å². The van der Waals surface area contributed by atoms with Gasteiger partial charge in [0.15, 0.2) is 0 Å². The Morgan fingerprint density at radius 3 is 2.62 bits per heavy atom. The number of aryl methyl sites for hydroxylation is 1. The first-order valence-corrected chi connectivity index (χ1v) is 6.87. The van der Waals surface area contributed by atoms with Gasteiger partial charge in [-0.2, -0.15) is 0 Å². The van der Waals surface area contributed by atoms with Gasteiger partial charge in [-0.25, -0.2) is 13.6 Å². The Labute approximate surface area is 95.5 Å². The zero-order valence-corrected chi connectivity index (χ0v) is 9.96. The van der Waals surface area contributed by atoms with Gasteiger partial charge in [0, 0.05) is 6.07 Å². The van der Waals surface area contributed by atoms with Crippen LogP contribution in [0.4, 0.5) is 0 Å². The second-order valence-corrected chi connectivity index (χ2v) is 5.52. The van der Waals surface area contributed by atoms with Crippen LogP contribution in [0.15, 0.2) is 23.1 Å². The highest BCUT2D eigenvalue weighted by molar-refractivity contribution is 7.89. The minimum atomic E-state index is -3.66. The SMILES string of the molecule is CCc1ccc(OC2CC2)cc1S(N)(=O)=O. The first kappa shape index (κ1) is 11.4. The molecule has 0 radical (unpaired) electrons. The Hall–Kier alpha value is -1.07. The molecule has 88 valence electrons. The third-order valence-corrected chi connectivity index (χ3v) is 3.55. The molecule has 0 saturated heterocycles. The Bertz CT molecular complexity index is 492. The maximum Gasteiger partial charge on any atom is 0.238 e. The molecule has 0 aromatic heterocycles. The maximum atomic E-state index is 11.4. The van der Waals surface area contributed by atoms with E-state index in [9.17, 15) is 8.42 Å². The topological polar surface area (TPSA) is 69.4 Å². The number of ether oxygens (including phenoxy) is 1. The summed E-state index contributed by atoms with van der Waals surface area (Å²) in [7, 11) is -3.66. The third kappa shape index (κ3) is 2.54. The van der Waals surface area contributed by atoms with E-state index in [1.54, 1.807) is 12.1 Å². The normalized spacial score (nSPS) is 16.1.